The summed E-state index contributed by atoms with van der Waals surface area (Å²) < 4.78 is 90.8. The van der Waals surface area contributed by atoms with Gasteiger partial charge in [-0.25, -0.2) is 22.0 Å². The Kier molecular flexibility index (Phi) is 16.2. The molecule has 210 valence electrons. The van der Waals surface area contributed by atoms with Crippen molar-refractivity contribution in [2.75, 3.05) is 39.0 Å². The zero-order chi connectivity index (χ0) is 27.0. The highest BCUT2D eigenvalue weighted by Crippen LogP contribution is 2.35. The summed E-state index contributed by atoms with van der Waals surface area (Å²) in [5.41, 5.74) is -1.02. The van der Waals surface area contributed by atoms with E-state index in [1.807, 2.05) is 13.8 Å². The molecule has 5 nitrogen and oxygen atoms in total. The van der Waals surface area contributed by atoms with Crippen LogP contribution in [0.2, 0.25) is 0 Å². The molecule has 0 heterocycles. The van der Waals surface area contributed by atoms with Crippen LogP contribution in [0.15, 0.2) is 0 Å². The molecule has 0 aromatic heterocycles. The minimum atomic E-state index is -2.17. The Morgan fingerprint density at radius 1 is 0.667 bits per heavy atom. The average molecular weight is 528 g/mol. The van der Waals surface area contributed by atoms with Crippen molar-refractivity contribution in [3.63, 3.8) is 0 Å². The van der Waals surface area contributed by atoms with Gasteiger partial charge in [-0.2, -0.15) is 0 Å². The molecular formula is C26H42F5NO4. The van der Waals surface area contributed by atoms with Gasteiger partial charge in [-0.1, -0.05) is 51.9 Å². The molecule has 10 heteroatoms. The van der Waals surface area contributed by atoms with E-state index < -0.39 is 40.7 Å². The molecule has 0 aliphatic heterocycles. The molecule has 0 aliphatic rings. The standard InChI is InChI=1S/C26H42F5NO4/c1-5-8-9-10-11-12-15-19(26(34-6-2,35-7-3)36-18-33-4)16-13-14-17-32-25-23(30)21(28)20(27)22(29)24(25)31/h19,32H,5-18H2,1-4H3. The third-order valence-electron chi connectivity index (χ3n) is 5.97. The summed E-state index contributed by atoms with van der Waals surface area (Å²) in [6.45, 7) is 6.59. The summed E-state index contributed by atoms with van der Waals surface area (Å²) in [5, 5.41) is 2.35. The highest BCUT2D eigenvalue weighted by Gasteiger charge is 2.41. The molecule has 1 aromatic rings. The molecule has 36 heavy (non-hydrogen) atoms. The minimum Gasteiger partial charge on any atom is -0.380 e. The SMILES string of the molecule is CCCCCCCCC(CCCCNc1c(F)c(F)c(F)c(F)c1F)C(OCC)(OCC)OCOC. The fourth-order valence-corrected chi connectivity index (χ4v) is 4.18. The molecule has 1 rings (SSSR count). The number of methoxy groups -OCH3 is 1. The van der Waals surface area contributed by atoms with Crippen molar-refractivity contribution in [3.8, 4) is 0 Å². The molecule has 0 fully saturated rings. The second kappa shape index (κ2) is 17.9. The Morgan fingerprint density at radius 3 is 1.69 bits per heavy atom. The van der Waals surface area contributed by atoms with Crippen LogP contribution in [0.1, 0.15) is 85.0 Å². The van der Waals surface area contributed by atoms with Gasteiger partial charge in [-0.3, -0.25) is 0 Å². The van der Waals surface area contributed by atoms with Gasteiger partial charge in [-0.15, -0.1) is 0 Å². The lowest BCUT2D eigenvalue weighted by Gasteiger charge is -2.39. The van der Waals surface area contributed by atoms with E-state index in [1.54, 1.807) is 0 Å². The van der Waals surface area contributed by atoms with Crippen molar-refractivity contribution in [1.82, 2.24) is 0 Å². The van der Waals surface area contributed by atoms with Crippen molar-refractivity contribution in [3.05, 3.63) is 29.1 Å². The van der Waals surface area contributed by atoms with Crippen LogP contribution < -0.4 is 5.32 Å². The molecule has 1 atom stereocenters. The number of halogens is 5. The van der Waals surface area contributed by atoms with E-state index in [9.17, 15) is 22.0 Å². The van der Waals surface area contributed by atoms with Crippen LogP contribution in [0.4, 0.5) is 27.6 Å². The number of nitrogens with one attached hydrogen (secondary N) is 1. The van der Waals surface area contributed by atoms with E-state index in [1.165, 1.54) is 26.4 Å². The van der Waals surface area contributed by atoms with Gasteiger partial charge in [0.05, 0.1) is 0 Å². The molecular weight excluding hydrogens is 485 g/mol. The van der Waals surface area contributed by atoms with Crippen LogP contribution in [-0.4, -0.2) is 39.6 Å². The Balaban J connectivity index is 2.83. The summed E-state index contributed by atoms with van der Waals surface area (Å²) in [6.07, 6.45) is 9.12. The fourth-order valence-electron chi connectivity index (χ4n) is 4.18. The maximum Gasteiger partial charge on any atom is 0.287 e. The molecule has 0 spiro atoms. The van der Waals surface area contributed by atoms with E-state index in [0.717, 1.165) is 25.7 Å². The van der Waals surface area contributed by atoms with Gasteiger partial charge in [0.2, 0.25) is 5.82 Å². The molecule has 0 saturated carbocycles. The second-order valence-corrected chi connectivity index (χ2v) is 8.64. The van der Waals surface area contributed by atoms with Crippen LogP contribution >= 0.6 is 0 Å². The predicted octanol–water partition coefficient (Wildman–Crippen LogP) is 7.68. The van der Waals surface area contributed by atoms with Gasteiger partial charge in [0.25, 0.3) is 5.97 Å². The Hall–Kier alpha value is -1.49. The average Bonchev–Trinajstić information content (AvgIpc) is 2.87. The molecule has 1 N–H and O–H groups in total. The summed E-state index contributed by atoms with van der Waals surface area (Å²) in [7, 11) is 1.51. The smallest absolute Gasteiger partial charge is 0.287 e. The number of hydrogen-bond acceptors (Lipinski definition) is 5. The normalized spacial score (nSPS) is 12.8. The van der Waals surface area contributed by atoms with Crippen LogP contribution in [0.25, 0.3) is 0 Å². The lowest BCUT2D eigenvalue weighted by atomic mass is 9.92. The molecule has 0 aliphatic carbocycles. The lowest BCUT2D eigenvalue weighted by Crippen LogP contribution is -2.47. The van der Waals surface area contributed by atoms with Crippen LogP contribution in [-0.2, 0) is 18.9 Å². The number of unbranched alkanes of at least 4 members (excludes halogenated alkanes) is 6. The topological polar surface area (TPSA) is 49.0 Å². The molecule has 0 radical (unpaired) electrons. The number of ether oxygens (including phenoxy) is 4. The highest BCUT2D eigenvalue weighted by atomic mass is 19.2. The van der Waals surface area contributed by atoms with Gasteiger partial charge in [-0.05, 0) is 33.1 Å². The lowest BCUT2D eigenvalue weighted by molar-refractivity contribution is -0.418. The summed E-state index contributed by atoms with van der Waals surface area (Å²) in [6, 6.07) is 0. The first-order valence-electron chi connectivity index (χ1n) is 13.0. The zero-order valence-corrected chi connectivity index (χ0v) is 22.0. The Labute approximate surface area is 212 Å². The minimum absolute atomic E-state index is 0.0190. The third kappa shape index (κ3) is 9.76. The second-order valence-electron chi connectivity index (χ2n) is 8.64. The number of rotatable bonds is 21. The Morgan fingerprint density at radius 2 is 1.17 bits per heavy atom. The van der Waals surface area contributed by atoms with E-state index in [2.05, 4.69) is 12.2 Å². The van der Waals surface area contributed by atoms with Crippen LogP contribution in [0, 0.1) is 35.0 Å². The maximum atomic E-state index is 13.9. The van der Waals surface area contributed by atoms with Crippen LogP contribution in [0.5, 0.6) is 0 Å². The van der Waals surface area contributed by atoms with Gasteiger partial charge in [0, 0.05) is 32.8 Å². The van der Waals surface area contributed by atoms with Gasteiger partial charge >= 0.3 is 0 Å². The van der Waals surface area contributed by atoms with Crippen molar-refractivity contribution in [2.24, 2.45) is 5.92 Å². The Bertz CT molecular complexity index is 719. The van der Waals surface area contributed by atoms with Crippen LogP contribution in [0.3, 0.4) is 0 Å². The maximum absolute atomic E-state index is 13.9. The number of anilines is 1. The van der Waals surface area contributed by atoms with Gasteiger partial charge in [0.1, 0.15) is 5.69 Å². The van der Waals surface area contributed by atoms with Crippen molar-refractivity contribution in [1.29, 1.82) is 0 Å². The van der Waals surface area contributed by atoms with Crippen molar-refractivity contribution in [2.45, 2.75) is 91.0 Å². The summed E-state index contributed by atoms with van der Waals surface area (Å²) in [4.78, 5) is 0. The van der Waals surface area contributed by atoms with Crippen molar-refractivity contribution >= 4 is 5.69 Å². The summed E-state index contributed by atoms with van der Waals surface area (Å²) >= 11 is 0. The van der Waals surface area contributed by atoms with E-state index in [-0.39, 0.29) is 19.3 Å². The van der Waals surface area contributed by atoms with Crippen molar-refractivity contribution < 1.29 is 40.9 Å². The van der Waals surface area contributed by atoms with Gasteiger partial charge in [0.15, 0.2) is 30.1 Å². The van der Waals surface area contributed by atoms with E-state index in [4.69, 9.17) is 18.9 Å². The molecule has 1 aromatic carbocycles. The zero-order valence-electron chi connectivity index (χ0n) is 22.0. The first kappa shape index (κ1) is 32.5. The molecule has 0 bridgehead atoms. The van der Waals surface area contributed by atoms with E-state index >= 15 is 0 Å². The van der Waals surface area contributed by atoms with E-state index in [0.29, 0.717) is 32.5 Å². The summed E-state index contributed by atoms with van der Waals surface area (Å²) in [5.74, 6) is -11.3. The first-order chi connectivity index (χ1) is 17.3. The highest BCUT2D eigenvalue weighted by molar-refractivity contribution is 5.47. The van der Waals surface area contributed by atoms with Gasteiger partial charge < -0.3 is 24.3 Å². The molecule has 0 amide bonds. The fraction of sp³-hybridized carbons (Fsp3) is 0.769. The first-order valence-corrected chi connectivity index (χ1v) is 13.0. The number of hydrogen-bond donors (Lipinski definition) is 1. The third-order valence-corrected chi connectivity index (χ3v) is 5.97. The number of benzene rings is 1. The monoisotopic (exact) mass is 527 g/mol. The molecule has 1 unspecified atom stereocenters. The predicted molar refractivity (Wildman–Crippen MR) is 129 cm³/mol. The molecule has 0 saturated heterocycles. The quantitative estimate of drug-likeness (QED) is 0.0584. The largest absolute Gasteiger partial charge is 0.380 e.